The van der Waals surface area contributed by atoms with Gasteiger partial charge in [0.1, 0.15) is 0 Å². The van der Waals surface area contributed by atoms with Gasteiger partial charge in [0, 0.05) is 12.8 Å². The third kappa shape index (κ3) is 50.1. The summed E-state index contributed by atoms with van der Waals surface area (Å²) in [5, 5.41) is 23.3. The van der Waals surface area contributed by atoms with Gasteiger partial charge in [0.15, 0.2) is 0 Å². The zero-order valence-electron chi connectivity index (χ0n) is 42.8. The van der Waals surface area contributed by atoms with Gasteiger partial charge < -0.3 is 20.3 Å². The molecule has 0 aromatic carbocycles. The summed E-state index contributed by atoms with van der Waals surface area (Å²) in [5.74, 6) is -0.0453. The van der Waals surface area contributed by atoms with Crippen LogP contribution in [0.4, 0.5) is 0 Å². The van der Waals surface area contributed by atoms with Crippen molar-refractivity contribution in [2.45, 2.75) is 341 Å². The number of amides is 1. The molecule has 3 N–H and O–H groups in total. The zero-order chi connectivity index (χ0) is 45.8. The molecule has 0 aliphatic rings. The van der Waals surface area contributed by atoms with E-state index in [0.29, 0.717) is 25.9 Å². The lowest BCUT2D eigenvalue weighted by Crippen LogP contribution is -2.45. The lowest BCUT2D eigenvalue weighted by molar-refractivity contribution is -0.143. The summed E-state index contributed by atoms with van der Waals surface area (Å²) in [6, 6.07) is -0.550. The molecule has 2 unspecified atom stereocenters. The van der Waals surface area contributed by atoms with Crippen LogP contribution in [0, 0.1) is 0 Å². The van der Waals surface area contributed by atoms with Gasteiger partial charge in [-0.2, -0.15) is 0 Å². The predicted octanol–water partition coefficient (Wildman–Crippen LogP) is 17.5. The number of esters is 1. The van der Waals surface area contributed by atoms with Crippen molar-refractivity contribution in [3.63, 3.8) is 0 Å². The van der Waals surface area contributed by atoms with Crippen molar-refractivity contribution < 1.29 is 24.5 Å². The third-order valence-corrected chi connectivity index (χ3v) is 13.7. The number of aliphatic hydroxyl groups is 2. The molecule has 6 nitrogen and oxygen atoms in total. The first-order chi connectivity index (χ1) is 31.0. The summed E-state index contributed by atoms with van der Waals surface area (Å²) < 4.78 is 5.48. The summed E-state index contributed by atoms with van der Waals surface area (Å²) >= 11 is 0. The first kappa shape index (κ1) is 61.9. The lowest BCUT2D eigenvalue weighted by Gasteiger charge is -2.22. The number of rotatable bonds is 54. The van der Waals surface area contributed by atoms with Gasteiger partial charge in [0.25, 0.3) is 0 Å². The van der Waals surface area contributed by atoms with Crippen LogP contribution in [0.3, 0.4) is 0 Å². The maximum absolute atomic E-state index is 12.5. The Morgan fingerprint density at radius 2 is 0.651 bits per heavy atom. The van der Waals surface area contributed by atoms with Crippen LogP contribution in [0.1, 0.15) is 328 Å². The highest BCUT2D eigenvalue weighted by molar-refractivity contribution is 5.76. The smallest absolute Gasteiger partial charge is 0.305 e. The fraction of sp³-hybridized carbons (Fsp3) is 0.965. The fourth-order valence-corrected chi connectivity index (χ4v) is 9.23. The van der Waals surface area contributed by atoms with E-state index in [4.69, 9.17) is 4.74 Å². The first-order valence-corrected chi connectivity index (χ1v) is 28.8. The molecule has 0 fully saturated rings. The highest BCUT2D eigenvalue weighted by Gasteiger charge is 2.20. The molecule has 63 heavy (non-hydrogen) atoms. The Labute approximate surface area is 394 Å². The number of carbonyl (C=O) groups excluding carboxylic acids is 2. The molecule has 0 spiro atoms. The van der Waals surface area contributed by atoms with Crippen LogP contribution in [0.25, 0.3) is 0 Å². The maximum atomic E-state index is 12.5. The van der Waals surface area contributed by atoms with E-state index in [-0.39, 0.29) is 18.5 Å². The molecule has 0 heterocycles. The Hall–Kier alpha value is -1.14. The van der Waals surface area contributed by atoms with E-state index >= 15 is 0 Å². The molecule has 0 saturated heterocycles. The fourth-order valence-electron chi connectivity index (χ4n) is 9.23. The number of hydrogen-bond acceptors (Lipinski definition) is 5. The van der Waals surface area contributed by atoms with E-state index < -0.39 is 12.1 Å². The quantitative estimate of drug-likeness (QED) is 0.0418. The number of ether oxygens (including phenoxy) is 1. The standard InChI is InChI=1S/C57H113NO5/c1-3-5-7-9-11-13-15-17-19-20-21-23-25-29-33-37-41-45-49-55(60)54(53-59)58-56(61)50-46-42-38-34-30-26-24-28-32-36-40-44-48-52-63-57(62)51-47-43-39-35-31-27-22-18-16-14-12-10-8-6-4-2/h54-55,59-60H,3-53H2,1-2H3,(H,58,61). The summed E-state index contributed by atoms with van der Waals surface area (Å²) in [5.41, 5.74) is 0. The molecule has 2 atom stereocenters. The SMILES string of the molecule is CCCCCCCCCCCCCCCCCCCCC(O)C(CO)NC(=O)CCCCCCCCCCCCCCCOC(=O)CCCCCCCCCCCCCCCCC. The van der Waals surface area contributed by atoms with Gasteiger partial charge in [0.2, 0.25) is 5.91 Å². The molecular weight excluding hydrogens is 779 g/mol. The maximum Gasteiger partial charge on any atom is 0.305 e. The van der Waals surface area contributed by atoms with Gasteiger partial charge in [-0.05, 0) is 25.7 Å². The minimum absolute atomic E-state index is 0.00134. The van der Waals surface area contributed by atoms with Gasteiger partial charge in [-0.15, -0.1) is 0 Å². The molecule has 0 aliphatic heterocycles. The topological polar surface area (TPSA) is 95.9 Å². The van der Waals surface area contributed by atoms with Crippen molar-refractivity contribution in [1.29, 1.82) is 0 Å². The van der Waals surface area contributed by atoms with Crippen LogP contribution in [0.2, 0.25) is 0 Å². The van der Waals surface area contributed by atoms with Gasteiger partial charge in [0.05, 0.1) is 25.4 Å². The Morgan fingerprint density at radius 3 is 0.968 bits per heavy atom. The van der Waals surface area contributed by atoms with E-state index in [9.17, 15) is 19.8 Å². The molecule has 376 valence electrons. The summed E-state index contributed by atoms with van der Waals surface area (Å²) in [6.07, 6.45) is 60.8. The number of unbranched alkanes of at least 4 members (excludes halogenated alkanes) is 43. The van der Waals surface area contributed by atoms with Crippen LogP contribution in [0.5, 0.6) is 0 Å². The van der Waals surface area contributed by atoms with E-state index in [2.05, 4.69) is 19.2 Å². The van der Waals surface area contributed by atoms with Crippen LogP contribution >= 0.6 is 0 Å². The van der Waals surface area contributed by atoms with Gasteiger partial charge in [-0.3, -0.25) is 9.59 Å². The van der Waals surface area contributed by atoms with Crippen LogP contribution < -0.4 is 5.32 Å². The molecule has 0 rings (SSSR count). The van der Waals surface area contributed by atoms with E-state index in [1.54, 1.807) is 0 Å². The normalized spacial score (nSPS) is 12.5. The summed E-state index contributed by atoms with van der Waals surface area (Å²) in [4.78, 5) is 24.5. The van der Waals surface area contributed by atoms with E-state index in [1.165, 1.54) is 244 Å². The molecule has 0 aromatic heterocycles. The Balaban J connectivity index is 3.43. The van der Waals surface area contributed by atoms with Crippen molar-refractivity contribution in [3.8, 4) is 0 Å². The second-order valence-corrected chi connectivity index (χ2v) is 20.0. The van der Waals surface area contributed by atoms with Crippen molar-refractivity contribution in [3.05, 3.63) is 0 Å². The Kier molecular flexibility index (Phi) is 52.5. The van der Waals surface area contributed by atoms with E-state index in [0.717, 1.165) is 51.4 Å². The minimum atomic E-state index is -0.672. The predicted molar refractivity (Wildman–Crippen MR) is 274 cm³/mol. The molecule has 0 aliphatic carbocycles. The molecule has 6 heteroatoms. The number of hydrogen-bond donors (Lipinski definition) is 3. The highest BCUT2D eigenvalue weighted by atomic mass is 16.5. The molecule has 0 aromatic rings. The number of nitrogens with one attached hydrogen (secondary N) is 1. The largest absolute Gasteiger partial charge is 0.466 e. The first-order valence-electron chi connectivity index (χ1n) is 28.8. The molecular formula is C57H113NO5. The molecule has 0 bridgehead atoms. The Bertz CT molecular complexity index is 898. The average Bonchev–Trinajstić information content (AvgIpc) is 3.28. The number of aliphatic hydroxyl groups excluding tert-OH is 2. The van der Waals surface area contributed by atoms with Crippen LogP contribution in [-0.2, 0) is 14.3 Å². The monoisotopic (exact) mass is 892 g/mol. The zero-order valence-corrected chi connectivity index (χ0v) is 42.8. The third-order valence-electron chi connectivity index (χ3n) is 13.7. The van der Waals surface area contributed by atoms with Gasteiger partial charge >= 0.3 is 5.97 Å². The second kappa shape index (κ2) is 53.5. The molecule has 0 saturated carbocycles. The van der Waals surface area contributed by atoms with Gasteiger partial charge in [-0.1, -0.05) is 290 Å². The van der Waals surface area contributed by atoms with Gasteiger partial charge in [-0.25, -0.2) is 0 Å². The Morgan fingerprint density at radius 1 is 0.381 bits per heavy atom. The summed E-state index contributed by atoms with van der Waals surface area (Å²) in [7, 11) is 0. The van der Waals surface area contributed by atoms with Crippen molar-refractivity contribution in [2.24, 2.45) is 0 Å². The van der Waals surface area contributed by atoms with Crippen molar-refractivity contribution in [1.82, 2.24) is 5.32 Å². The summed E-state index contributed by atoms with van der Waals surface area (Å²) in [6.45, 7) is 4.96. The van der Waals surface area contributed by atoms with Crippen LogP contribution in [0.15, 0.2) is 0 Å². The van der Waals surface area contributed by atoms with Crippen molar-refractivity contribution >= 4 is 11.9 Å². The lowest BCUT2D eigenvalue weighted by atomic mass is 10.0. The minimum Gasteiger partial charge on any atom is -0.466 e. The van der Waals surface area contributed by atoms with E-state index in [1.807, 2.05) is 0 Å². The van der Waals surface area contributed by atoms with Crippen molar-refractivity contribution in [2.75, 3.05) is 13.2 Å². The number of carbonyl (C=O) groups is 2. The van der Waals surface area contributed by atoms with Crippen LogP contribution in [-0.4, -0.2) is 47.4 Å². The average molecular weight is 893 g/mol. The molecule has 0 radical (unpaired) electrons. The highest BCUT2D eigenvalue weighted by Crippen LogP contribution is 2.18. The molecule has 1 amide bonds. The second-order valence-electron chi connectivity index (χ2n) is 20.0.